The van der Waals surface area contributed by atoms with E-state index >= 15 is 0 Å². The Morgan fingerprint density at radius 3 is 1.36 bits per heavy atom. The van der Waals surface area contributed by atoms with Crippen molar-refractivity contribution >= 4 is 21.5 Å². The molecule has 0 saturated heterocycles. The topological polar surface area (TPSA) is 0 Å². The van der Waals surface area contributed by atoms with Crippen molar-refractivity contribution in [1.82, 2.24) is 0 Å². The number of hydrogen-bond acceptors (Lipinski definition) is 0. The lowest BCUT2D eigenvalue weighted by atomic mass is 9.63. The second kappa shape index (κ2) is 5.47. The Morgan fingerprint density at radius 2 is 0.929 bits per heavy atom. The first kappa shape index (κ1) is 15.3. The van der Waals surface area contributed by atoms with Crippen LogP contribution >= 0.6 is 0 Å². The van der Waals surface area contributed by atoms with Crippen LogP contribution in [0, 0.1) is 0 Å². The maximum atomic E-state index is 2.54. The summed E-state index contributed by atoms with van der Waals surface area (Å²) in [4.78, 5) is 0. The van der Waals surface area contributed by atoms with Crippen molar-refractivity contribution in [3.63, 3.8) is 0 Å². The molecule has 4 bridgehead atoms. The van der Waals surface area contributed by atoms with Crippen LogP contribution in [0.25, 0.3) is 21.5 Å². The molecule has 4 unspecified atom stereocenters. The normalized spacial score (nSPS) is 27.4. The molecular weight excluding hydrogens is 336 g/mol. The van der Waals surface area contributed by atoms with Crippen molar-refractivity contribution in [1.29, 1.82) is 0 Å². The third-order valence-electron chi connectivity index (χ3n) is 8.08. The van der Waals surface area contributed by atoms with E-state index in [-0.39, 0.29) is 0 Å². The average Bonchev–Trinajstić information content (AvgIpc) is 2.67. The Bertz CT molecular complexity index is 1150. The molecule has 136 valence electrons. The number of benzene rings is 4. The smallest absolute Gasteiger partial charge is 0.00865 e. The van der Waals surface area contributed by atoms with E-state index < -0.39 is 0 Å². The van der Waals surface area contributed by atoms with Crippen LogP contribution in [0.3, 0.4) is 0 Å². The number of hydrogen-bond donors (Lipinski definition) is 0. The summed E-state index contributed by atoms with van der Waals surface area (Å²) in [7, 11) is 0. The second-order valence-electron chi connectivity index (χ2n) is 9.24. The van der Waals surface area contributed by atoms with Gasteiger partial charge < -0.3 is 0 Å². The lowest BCUT2D eigenvalue weighted by Crippen LogP contribution is -2.24. The molecule has 2 fully saturated rings. The standard InChI is InChI=1S/C28H24/c1-3-17-7-9-19-15-27(17)23(5-1)25-13-14-26(25)24-6-2-4-18-8-10-20(16-28(18)24)22-12-11-21(19)22/h1-10,15-16,21-22,25-26H,11-14H2. The van der Waals surface area contributed by atoms with Gasteiger partial charge in [-0.2, -0.15) is 0 Å². The third kappa shape index (κ3) is 1.96. The van der Waals surface area contributed by atoms with Crippen molar-refractivity contribution in [2.75, 3.05) is 0 Å². The van der Waals surface area contributed by atoms with E-state index in [4.69, 9.17) is 0 Å². The predicted molar refractivity (Wildman–Crippen MR) is 117 cm³/mol. The number of fused-ring (bicyclic) bond motifs is 8. The highest BCUT2D eigenvalue weighted by Gasteiger charge is 2.37. The maximum Gasteiger partial charge on any atom is -0.00865 e. The molecule has 0 aliphatic heterocycles. The Balaban J connectivity index is 1.56. The number of rotatable bonds is 0. The van der Waals surface area contributed by atoms with E-state index in [1.165, 1.54) is 47.2 Å². The SMILES string of the molecule is c1cc2c3cc(ccc3c1)C1CCC1c1ccc3cccc(c3c1)C1CCC21. The van der Waals surface area contributed by atoms with E-state index in [1.54, 1.807) is 22.3 Å². The lowest BCUT2D eigenvalue weighted by Gasteiger charge is -2.41. The van der Waals surface area contributed by atoms with Gasteiger partial charge in [-0.15, -0.1) is 0 Å². The predicted octanol–water partition coefficient (Wildman–Crippen LogP) is 7.63. The largest absolute Gasteiger partial charge is 0.0613 e. The molecule has 3 aliphatic carbocycles. The average molecular weight is 361 g/mol. The first-order chi connectivity index (χ1) is 13.9. The van der Waals surface area contributed by atoms with E-state index in [0.717, 1.165) is 0 Å². The molecule has 0 amide bonds. The molecule has 0 heteroatoms. The summed E-state index contributed by atoms with van der Waals surface area (Å²) in [6.45, 7) is 0. The molecule has 0 radical (unpaired) electrons. The zero-order chi connectivity index (χ0) is 18.2. The highest BCUT2D eigenvalue weighted by atomic mass is 14.4. The molecule has 28 heavy (non-hydrogen) atoms. The quantitative estimate of drug-likeness (QED) is 0.302. The van der Waals surface area contributed by atoms with Gasteiger partial charge in [-0.3, -0.25) is 0 Å². The van der Waals surface area contributed by atoms with E-state index in [0.29, 0.717) is 23.7 Å². The van der Waals surface area contributed by atoms with Gasteiger partial charge in [0, 0.05) is 0 Å². The summed E-state index contributed by atoms with van der Waals surface area (Å²) >= 11 is 0. The van der Waals surface area contributed by atoms with Gasteiger partial charge >= 0.3 is 0 Å². The van der Waals surface area contributed by atoms with Crippen molar-refractivity contribution < 1.29 is 0 Å². The van der Waals surface area contributed by atoms with Gasteiger partial charge in [0.1, 0.15) is 0 Å². The zero-order valence-electron chi connectivity index (χ0n) is 16.1. The van der Waals surface area contributed by atoms with Gasteiger partial charge in [0.05, 0.1) is 0 Å². The summed E-state index contributed by atoms with van der Waals surface area (Å²) in [6, 6.07) is 28.6. The molecule has 0 N–H and O–H groups in total. The minimum Gasteiger partial charge on any atom is -0.0613 e. The van der Waals surface area contributed by atoms with E-state index in [9.17, 15) is 0 Å². The van der Waals surface area contributed by atoms with E-state index in [1.807, 2.05) is 0 Å². The van der Waals surface area contributed by atoms with Crippen LogP contribution in [0.4, 0.5) is 0 Å². The van der Waals surface area contributed by atoms with Gasteiger partial charge in [0.2, 0.25) is 0 Å². The first-order valence-corrected chi connectivity index (χ1v) is 10.9. The summed E-state index contributed by atoms with van der Waals surface area (Å²) in [5.74, 6) is 2.67. The molecule has 4 atom stereocenters. The molecule has 4 aromatic rings. The molecule has 3 aliphatic rings. The highest BCUT2D eigenvalue weighted by molar-refractivity contribution is 5.89. The van der Waals surface area contributed by atoms with Crippen molar-refractivity contribution in [3.05, 3.63) is 95.1 Å². The van der Waals surface area contributed by atoms with Gasteiger partial charge in [-0.05, 0) is 93.2 Å². The Labute approximate surface area is 166 Å². The molecule has 0 spiro atoms. The molecule has 0 heterocycles. The van der Waals surface area contributed by atoms with Gasteiger partial charge in [-0.25, -0.2) is 0 Å². The van der Waals surface area contributed by atoms with Gasteiger partial charge in [-0.1, -0.05) is 72.8 Å². The Hall–Kier alpha value is -2.60. The monoisotopic (exact) mass is 360 g/mol. The fourth-order valence-corrected chi connectivity index (χ4v) is 6.28. The minimum absolute atomic E-state index is 0.657. The van der Waals surface area contributed by atoms with Crippen LogP contribution in [0.15, 0.2) is 72.8 Å². The van der Waals surface area contributed by atoms with Gasteiger partial charge in [0.25, 0.3) is 0 Å². The van der Waals surface area contributed by atoms with Gasteiger partial charge in [0.15, 0.2) is 0 Å². The van der Waals surface area contributed by atoms with Crippen LogP contribution in [-0.2, 0) is 0 Å². The summed E-state index contributed by atoms with van der Waals surface area (Å²) < 4.78 is 0. The first-order valence-electron chi connectivity index (χ1n) is 10.9. The third-order valence-corrected chi connectivity index (χ3v) is 8.08. The lowest BCUT2D eigenvalue weighted by molar-refractivity contribution is 0.344. The molecule has 0 nitrogen and oxygen atoms in total. The van der Waals surface area contributed by atoms with Crippen LogP contribution in [-0.4, -0.2) is 0 Å². The molecule has 4 aromatic carbocycles. The Morgan fingerprint density at radius 1 is 0.464 bits per heavy atom. The molecular formula is C28H24. The summed E-state index contributed by atoms with van der Waals surface area (Å²) in [5, 5.41) is 5.85. The Kier molecular flexibility index (Phi) is 3.00. The van der Waals surface area contributed by atoms with Crippen LogP contribution in [0.5, 0.6) is 0 Å². The molecule has 7 rings (SSSR count). The van der Waals surface area contributed by atoms with Crippen molar-refractivity contribution in [3.8, 4) is 0 Å². The fourth-order valence-electron chi connectivity index (χ4n) is 6.28. The van der Waals surface area contributed by atoms with Crippen molar-refractivity contribution in [2.45, 2.75) is 49.4 Å². The van der Waals surface area contributed by atoms with Crippen LogP contribution < -0.4 is 0 Å². The van der Waals surface area contributed by atoms with E-state index in [2.05, 4.69) is 72.8 Å². The fraction of sp³-hybridized carbons (Fsp3) is 0.286. The highest BCUT2D eigenvalue weighted by Crippen LogP contribution is 2.55. The van der Waals surface area contributed by atoms with Crippen LogP contribution in [0.2, 0.25) is 0 Å². The second-order valence-corrected chi connectivity index (χ2v) is 9.24. The molecule has 0 aromatic heterocycles. The van der Waals surface area contributed by atoms with Crippen molar-refractivity contribution in [2.24, 2.45) is 0 Å². The molecule has 2 saturated carbocycles. The van der Waals surface area contributed by atoms with Crippen LogP contribution in [0.1, 0.15) is 71.6 Å². The minimum atomic E-state index is 0.657. The summed E-state index contributed by atoms with van der Waals surface area (Å²) in [5.41, 5.74) is 6.28. The summed E-state index contributed by atoms with van der Waals surface area (Å²) in [6.07, 6.45) is 5.28. The maximum absolute atomic E-state index is 2.54. The zero-order valence-corrected chi connectivity index (χ0v) is 16.1.